The van der Waals surface area contributed by atoms with Crippen LogP contribution in [0.3, 0.4) is 0 Å². The Morgan fingerprint density at radius 1 is 0.236 bits per heavy atom. The van der Waals surface area contributed by atoms with Crippen LogP contribution in [0.2, 0.25) is 0 Å². The molecule has 0 unspecified atom stereocenters. The number of rotatable bonds is 22. The Kier molecular flexibility index (Phi) is 32.1. The van der Waals surface area contributed by atoms with Crippen molar-refractivity contribution < 1.29 is 86.0 Å². The molecule has 0 radical (unpaired) electrons. The number of anilines is 6. The number of aryl methyl sites for hydroxylation is 12. The molecule has 0 aliphatic carbocycles. The number of benzene rings is 6. The summed E-state index contributed by atoms with van der Waals surface area (Å²) >= 11 is 0. The predicted molar refractivity (Wildman–Crippen MR) is 560 cm³/mol. The highest BCUT2D eigenvalue weighted by molar-refractivity contribution is 6.27. The summed E-state index contributed by atoms with van der Waals surface area (Å²) in [6.45, 7) is 45.1. The summed E-state index contributed by atoms with van der Waals surface area (Å²) in [5, 5.41) is 16.2. The molecule has 18 rings (SSSR count). The van der Waals surface area contributed by atoms with Gasteiger partial charge in [-0.15, -0.1) is 0 Å². The summed E-state index contributed by atoms with van der Waals surface area (Å²) in [6.07, 6.45) is 9.63. The summed E-state index contributed by atoms with van der Waals surface area (Å²) in [6, 6.07) is 53.2. The van der Waals surface area contributed by atoms with Gasteiger partial charge in [0.2, 0.25) is 17.6 Å². The maximum atomic E-state index is 12.6. The Bertz CT molecular complexity index is 6530. The van der Waals surface area contributed by atoms with Gasteiger partial charge in [0.1, 0.15) is 108 Å². The number of nitrogens with zero attached hydrogens (tertiary/aromatic N) is 12. The van der Waals surface area contributed by atoms with Crippen LogP contribution >= 0.6 is 0 Å². The Morgan fingerprint density at radius 3 is 0.824 bits per heavy atom. The number of pyridine rings is 6. The first-order valence-electron chi connectivity index (χ1n) is 48.2. The second kappa shape index (κ2) is 44.1. The molecule has 6 aliphatic rings. The van der Waals surface area contributed by atoms with Crippen molar-refractivity contribution in [3.63, 3.8) is 0 Å². The minimum absolute atomic E-state index is 0.240. The number of amides is 18. The molecule has 6 aliphatic heterocycles. The van der Waals surface area contributed by atoms with Gasteiger partial charge in [0.15, 0.2) is 0 Å². The number of ether oxygens (including phenoxy) is 6. The first-order valence-corrected chi connectivity index (χ1v) is 48.2. The lowest BCUT2D eigenvalue weighted by atomic mass is 9.99. The van der Waals surface area contributed by atoms with Crippen LogP contribution in [0.4, 0.5) is 63.4 Å². The van der Waals surface area contributed by atoms with E-state index >= 15 is 0 Å². The van der Waals surface area contributed by atoms with Gasteiger partial charge < -0.3 is 60.3 Å². The van der Waals surface area contributed by atoms with Crippen LogP contribution in [0.5, 0.6) is 69.4 Å². The van der Waals surface area contributed by atoms with Gasteiger partial charge >= 0.3 is 36.2 Å². The van der Waals surface area contributed by atoms with E-state index in [0.29, 0.717) is 106 Å². The van der Waals surface area contributed by atoms with E-state index < -0.39 is 69.4 Å². The van der Waals surface area contributed by atoms with Crippen molar-refractivity contribution in [2.75, 3.05) is 29.4 Å². The largest absolute Gasteiger partial charge is 0.457 e. The number of urea groups is 6. The molecule has 6 aromatic carbocycles. The zero-order valence-corrected chi connectivity index (χ0v) is 87.3. The number of hydrogen-bond donors (Lipinski definition) is 6. The third-order valence-electron chi connectivity index (χ3n) is 26.5. The van der Waals surface area contributed by atoms with Crippen molar-refractivity contribution in [3.05, 3.63) is 286 Å². The average Bonchev–Trinajstić information content (AvgIpc) is 1.64. The number of carbonyl (C=O) groups is 12. The van der Waals surface area contributed by atoms with Gasteiger partial charge in [-0.1, -0.05) is 76.2 Å². The van der Waals surface area contributed by atoms with Crippen LogP contribution in [0.1, 0.15) is 176 Å². The highest BCUT2D eigenvalue weighted by atomic mass is 16.5. The van der Waals surface area contributed by atoms with Gasteiger partial charge in [0, 0.05) is 55.0 Å². The lowest BCUT2D eigenvalue weighted by Crippen LogP contribution is -2.43. The van der Waals surface area contributed by atoms with Gasteiger partial charge in [0.05, 0.1) is 23.8 Å². The Balaban J connectivity index is 0.000000148. The van der Waals surface area contributed by atoms with Crippen molar-refractivity contribution in [1.82, 2.24) is 61.8 Å². The fourth-order valence-corrected chi connectivity index (χ4v) is 15.4. The van der Waals surface area contributed by atoms with Crippen LogP contribution in [0.15, 0.2) is 219 Å². The van der Waals surface area contributed by atoms with E-state index in [0.717, 1.165) is 62.8 Å². The molecule has 6 saturated heterocycles. The monoisotopic (exact) mass is 2010 g/mol. The number of hydrogen-bond acceptors (Lipinski definition) is 24. The third-order valence-corrected chi connectivity index (χ3v) is 26.5. The molecule has 0 bridgehead atoms. The number of nitrogens with one attached hydrogen (secondary N) is 6. The summed E-state index contributed by atoms with van der Waals surface area (Å²) in [5.41, 5.74) is 9.14. The van der Waals surface area contributed by atoms with E-state index in [1.165, 1.54) is 58.2 Å². The van der Waals surface area contributed by atoms with Crippen molar-refractivity contribution >= 4 is 106 Å². The Labute approximate surface area is 859 Å². The molecule has 6 fully saturated rings. The first-order chi connectivity index (χ1) is 69.9. The van der Waals surface area contributed by atoms with E-state index in [2.05, 4.69) is 61.8 Å². The summed E-state index contributed by atoms with van der Waals surface area (Å²) in [7, 11) is 0. The second-order valence-corrected chi connectivity index (χ2v) is 38.6. The Hall–Kier alpha value is -17.3. The van der Waals surface area contributed by atoms with Crippen molar-refractivity contribution in [2.24, 2.45) is 0 Å². The summed E-state index contributed by atoms with van der Waals surface area (Å²) in [5.74, 6) is 5.59. The van der Waals surface area contributed by atoms with E-state index in [1.54, 1.807) is 140 Å². The highest BCUT2D eigenvalue weighted by Crippen LogP contribution is 2.39. The van der Waals surface area contributed by atoms with Crippen molar-refractivity contribution in [1.29, 1.82) is 0 Å². The maximum Gasteiger partial charge on any atom is 0.330 e. The van der Waals surface area contributed by atoms with E-state index in [1.807, 2.05) is 220 Å². The van der Waals surface area contributed by atoms with Gasteiger partial charge in [0.25, 0.3) is 35.4 Å². The van der Waals surface area contributed by atoms with Crippen LogP contribution in [-0.2, 0) is 28.8 Å². The SMILES string of the molecule is CC[C@@]1(C)NC(=O)N(c2cc(Oc3ccc(C)c(C)c3)ccn2)C1=O.CC[C@@]1(C)NC(=O)N(c2cccc(Oc3ccc(C)c(C)c3)n2)C1=O.CC[C@@]1(C)NC(=O)N(c2ccnc(Oc3ccc(C)c(C)c3)c2)C1=O.CC[C@@]1(C)NC(=O)N(c2cncc(Oc3ccc(C)c(C)c3)c2)C1=O.Cc1ccc(Oc2cccc(N3C(=O)NC(C)(C)C3=O)n2)cc1C.Cc1ccc(Oc2ccnc(N3C(=O)NC(C)(C)C3=O)c2)cc1C. The number of aromatic nitrogens is 6. The third kappa shape index (κ3) is 24.1. The van der Waals surface area contributed by atoms with E-state index in [4.69, 9.17) is 28.4 Å². The maximum absolute atomic E-state index is 12.6. The van der Waals surface area contributed by atoms with Gasteiger partial charge in [-0.2, -0.15) is 9.97 Å². The van der Waals surface area contributed by atoms with Crippen LogP contribution < -0.4 is 89.7 Å². The molecule has 12 aromatic rings. The van der Waals surface area contributed by atoms with Crippen LogP contribution in [-0.4, -0.2) is 135 Å². The zero-order chi connectivity index (χ0) is 108. The second-order valence-electron chi connectivity index (χ2n) is 38.6. The molecule has 4 atom stereocenters. The molecule has 36 nitrogen and oxygen atoms in total. The topological polar surface area (TPSA) is 429 Å². The molecule has 6 aromatic heterocycles. The zero-order valence-electron chi connectivity index (χ0n) is 87.3. The molecule has 18 amide bonds. The number of carbonyl (C=O) groups excluding carboxylic acids is 12. The smallest absolute Gasteiger partial charge is 0.330 e. The minimum atomic E-state index is -0.941. The molecule has 0 saturated carbocycles. The first kappa shape index (κ1) is 108. The molecule has 36 heteroatoms. The van der Waals surface area contributed by atoms with Crippen molar-refractivity contribution in [2.45, 2.75) is 225 Å². The number of imide groups is 6. The Morgan fingerprint density at radius 2 is 0.507 bits per heavy atom. The predicted octanol–water partition coefficient (Wildman–Crippen LogP) is 21.5. The normalized spacial score (nSPS) is 18.7. The molecular weight excluding hydrogens is 1890 g/mol. The summed E-state index contributed by atoms with van der Waals surface area (Å²) in [4.78, 5) is 180. The molecule has 148 heavy (non-hydrogen) atoms. The van der Waals surface area contributed by atoms with Crippen molar-refractivity contribution in [3.8, 4) is 69.4 Å². The van der Waals surface area contributed by atoms with Gasteiger partial charge in [-0.25, -0.2) is 73.1 Å². The van der Waals surface area contributed by atoms with Crippen LogP contribution in [0, 0.1) is 83.1 Å². The summed E-state index contributed by atoms with van der Waals surface area (Å²) < 4.78 is 34.8. The molecule has 6 N–H and O–H groups in total. The molecule has 12 heterocycles. The quantitative estimate of drug-likeness (QED) is 0.0343. The molecule has 768 valence electrons. The van der Waals surface area contributed by atoms with Crippen LogP contribution in [0.25, 0.3) is 0 Å². The van der Waals surface area contributed by atoms with E-state index in [-0.39, 0.29) is 58.7 Å². The lowest BCUT2D eigenvalue weighted by molar-refractivity contribution is -0.122. The highest BCUT2D eigenvalue weighted by Gasteiger charge is 2.53. The average molecular weight is 2010 g/mol. The lowest BCUT2D eigenvalue weighted by Gasteiger charge is -2.19. The molecule has 0 spiro atoms. The van der Waals surface area contributed by atoms with Gasteiger partial charge in [-0.05, 0) is 334 Å². The standard InChI is InChI=1S/4C19H21N3O3.2C18H19N3O3/c1-5-19(4)17(23)22(18(24)21-19)14-9-16(11-20-10-14)25-15-7-6-12(2)13(3)8-15;1-5-19(4)17(23)22(18(24)21-19)14-8-9-20-16(11-14)25-15-7-6-12(2)13(3)10-15;1-5-19(4)17(23)22(18(24)21-19)16-11-15(8-9-20-16)25-14-7-6-12(2)13(3)10-14;1-5-19(4)17(23)22(18(24)21-19)15-7-6-8-16(20-15)25-14-10-9-12(2)13(3)11-14;1-11-5-6-13(9-12(11)2)24-14-7-8-19-15(10-14)21-16(22)18(3,4)20-17(21)23;1-11-8-9-13(10-12(11)2)24-15-7-5-6-14(19-15)21-16(22)18(3,4)20-17(21)23/h4*6-11H,5H2,1-4H3,(H,21,24);2*5-10H,1-4H3,(H,20,23)/t4*19-;;/m1111../s1. The fourth-order valence-electron chi connectivity index (χ4n) is 15.4. The van der Waals surface area contributed by atoms with E-state index in [9.17, 15) is 57.5 Å². The minimum Gasteiger partial charge on any atom is -0.457 e. The molecular formula is C112H122N18O18. The fraction of sp³-hybridized carbons (Fsp3) is 0.304. The van der Waals surface area contributed by atoms with Gasteiger partial charge in [-0.3, -0.25) is 33.8 Å².